The first-order chi connectivity index (χ1) is 21.5. The Bertz CT molecular complexity index is 1900. The minimum absolute atomic E-state index is 0.0130. The van der Waals surface area contributed by atoms with Crippen molar-refractivity contribution in [3.05, 3.63) is 113 Å². The Balaban J connectivity index is 1.33. The van der Waals surface area contributed by atoms with Crippen molar-refractivity contribution in [2.75, 3.05) is 0 Å². The lowest BCUT2D eigenvalue weighted by Gasteiger charge is -2.60. The van der Waals surface area contributed by atoms with Crippen LogP contribution in [0, 0.1) is 40.4 Å². The SMILES string of the molecule is C[C@@H]1C[C@@H]2[C@H](c3ccccc3)c3ccc4c(c3O[C@]23NC(=S)N[C@@H](c2ccccc2)[C@@H]3C1)Oc1cc(C#N)c(C#N)cc1O4. The number of rotatable bonds is 2. The quantitative estimate of drug-likeness (QED) is 0.203. The van der Waals surface area contributed by atoms with Gasteiger partial charge in [-0.05, 0) is 48.2 Å². The van der Waals surface area contributed by atoms with Crippen LogP contribution in [0.15, 0.2) is 84.9 Å². The molecule has 0 aromatic heterocycles. The predicted octanol–water partition coefficient (Wildman–Crippen LogP) is 7.43. The van der Waals surface area contributed by atoms with Crippen LogP contribution in [0.4, 0.5) is 0 Å². The number of hydrogen-bond acceptors (Lipinski definition) is 6. The van der Waals surface area contributed by atoms with Crippen LogP contribution in [0.5, 0.6) is 28.7 Å². The van der Waals surface area contributed by atoms with E-state index in [0.29, 0.717) is 39.8 Å². The summed E-state index contributed by atoms with van der Waals surface area (Å²) in [7, 11) is 0. The molecule has 7 nitrogen and oxygen atoms in total. The number of nitriles is 2. The van der Waals surface area contributed by atoms with Crippen LogP contribution in [-0.2, 0) is 0 Å². The molecule has 3 aliphatic heterocycles. The van der Waals surface area contributed by atoms with Gasteiger partial charge in [-0.15, -0.1) is 0 Å². The second-order valence-corrected chi connectivity index (χ2v) is 12.6. The molecule has 8 heteroatoms. The highest BCUT2D eigenvalue weighted by molar-refractivity contribution is 7.80. The van der Waals surface area contributed by atoms with E-state index in [9.17, 15) is 10.5 Å². The molecule has 4 aromatic carbocycles. The van der Waals surface area contributed by atoms with E-state index in [0.717, 1.165) is 18.4 Å². The summed E-state index contributed by atoms with van der Waals surface area (Å²) in [5.74, 6) is 2.85. The molecule has 1 aliphatic carbocycles. The van der Waals surface area contributed by atoms with Crippen molar-refractivity contribution < 1.29 is 14.2 Å². The third kappa shape index (κ3) is 3.95. The lowest BCUT2D eigenvalue weighted by Crippen LogP contribution is -2.74. The Morgan fingerprint density at radius 1 is 0.773 bits per heavy atom. The van der Waals surface area contributed by atoms with Gasteiger partial charge in [0.2, 0.25) is 5.75 Å². The molecular formula is C36H28N4O3S. The maximum absolute atomic E-state index is 9.67. The van der Waals surface area contributed by atoms with Crippen molar-refractivity contribution >= 4 is 17.3 Å². The number of ether oxygens (including phenoxy) is 3. The molecule has 0 radical (unpaired) electrons. The summed E-state index contributed by atoms with van der Waals surface area (Å²) in [5.41, 5.74) is 3.00. The van der Waals surface area contributed by atoms with Crippen molar-refractivity contribution in [2.45, 2.75) is 37.5 Å². The van der Waals surface area contributed by atoms with Crippen molar-refractivity contribution in [3.8, 4) is 40.9 Å². The van der Waals surface area contributed by atoms with E-state index in [1.165, 1.54) is 11.1 Å². The molecule has 0 amide bonds. The highest BCUT2D eigenvalue weighted by Crippen LogP contribution is 2.63. The van der Waals surface area contributed by atoms with E-state index < -0.39 is 5.72 Å². The molecule has 2 N–H and O–H groups in total. The largest absolute Gasteiger partial charge is 0.463 e. The van der Waals surface area contributed by atoms with E-state index in [-0.39, 0.29) is 34.9 Å². The van der Waals surface area contributed by atoms with Crippen LogP contribution >= 0.6 is 12.2 Å². The van der Waals surface area contributed by atoms with Gasteiger partial charge in [0.15, 0.2) is 33.8 Å². The smallest absolute Gasteiger partial charge is 0.212 e. The average molecular weight is 597 g/mol. The Hall–Kier alpha value is -5.05. The monoisotopic (exact) mass is 596 g/mol. The number of fused-ring (bicyclic) bond motifs is 4. The standard InChI is InChI=1S/C36H28N4O3S/c1-20-14-26-31(21-8-4-2-5-9-21)25-12-13-28-34(42-30-17-24(19-38)23(18-37)16-29(30)41-28)33(25)43-36(26)27(15-20)32(39-35(44)40-36)22-10-6-3-7-11-22/h2-13,16-17,20,26-27,31-32H,14-15H2,1H3,(H2,39,40,44)/t20-,26-,27+,31-,32+,36-/m1/s1. The van der Waals surface area contributed by atoms with Crippen LogP contribution in [0.2, 0.25) is 0 Å². The number of thiocarbonyl (C=S) groups is 1. The Morgan fingerprint density at radius 3 is 2.09 bits per heavy atom. The maximum atomic E-state index is 9.67. The Morgan fingerprint density at radius 2 is 1.41 bits per heavy atom. The number of nitrogens with one attached hydrogen (secondary N) is 2. The van der Waals surface area contributed by atoms with E-state index in [1.807, 2.05) is 18.2 Å². The molecule has 216 valence electrons. The Labute approximate surface area is 261 Å². The van der Waals surface area contributed by atoms with Crippen LogP contribution in [0.25, 0.3) is 0 Å². The summed E-state index contributed by atoms with van der Waals surface area (Å²) in [6, 6.07) is 32.2. The van der Waals surface area contributed by atoms with Gasteiger partial charge < -0.3 is 24.8 Å². The summed E-state index contributed by atoms with van der Waals surface area (Å²) in [6.45, 7) is 2.33. The minimum Gasteiger partial charge on any atom is -0.463 e. The van der Waals surface area contributed by atoms with Gasteiger partial charge in [-0.3, -0.25) is 0 Å². The lowest BCUT2D eigenvalue weighted by atomic mass is 9.58. The van der Waals surface area contributed by atoms with Crippen LogP contribution in [0.1, 0.15) is 59.5 Å². The van der Waals surface area contributed by atoms with Gasteiger partial charge in [-0.2, -0.15) is 10.5 Å². The van der Waals surface area contributed by atoms with Crippen LogP contribution in [0.3, 0.4) is 0 Å². The van der Waals surface area contributed by atoms with Gasteiger partial charge in [0, 0.05) is 35.4 Å². The van der Waals surface area contributed by atoms with Gasteiger partial charge in [0.05, 0.1) is 17.2 Å². The fourth-order valence-electron chi connectivity index (χ4n) is 7.83. The predicted molar refractivity (Wildman–Crippen MR) is 168 cm³/mol. The van der Waals surface area contributed by atoms with E-state index in [4.69, 9.17) is 26.4 Å². The molecule has 0 unspecified atom stereocenters. The second-order valence-electron chi connectivity index (χ2n) is 12.1. The molecule has 1 saturated heterocycles. The molecule has 4 aliphatic rings. The van der Waals surface area contributed by atoms with Crippen molar-refractivity contribution in [2.24, 2.45) is 17.8 Å². The minimum atomic E-state index is -0.829. The van der Waals surface area contributed by atoms with Crippen LogP contribution < -0.4 is 24.8 Å². The molecule has 0 bridgehead atoms. The fraction of sp³-hybridized carbons (Fsp3) is 0.250. The van der Waals surface area contributed by atoms with E-state index in [1.54, 1.807) is 12.1 Å². The fourth-order valence-corrected chi connectivity index (χ4v) is 8.11. The van der Waals surface area contributed by atoms with Crippen molar-refractivity contribution in [1.82, 2.24) is 10.6 Å². The summed E-state index contributed by atoms with van der Waals surface area (Å²) < 4.78 is 20.1. The van der Waals surface area contributed by atoms with Gasteiger partial charge in [-0.1, -0.05) is 73.7 Å². The molecule has 1 spiro atoms. The first-order valence-corrected chi connectivity index (χ1v) is 15.3. The molecule has 4 aromatic rings. The number of hydrogen-bond donors (Lipinski definition) is 2. The highest BCUT2D eigenvalue weighted by Gasteiger charge is 2.62. The summed E-state index contributed by atoms with van der Waals surface area (Å²) in [6.07, 6.45) is 1.89. The first kappa shape index (κ1) is 26.6. The zero-order valence-electron chi connectivity index (χ0n) is 23.9. The molecular weight excluding hydrogens is 568 g/mol. The van der Waals surface area contributed by atoms with Gasteiger partial charge in [0.25, 0.3) is 0 Å². The van der Waals surface area contributed by atoms with Crippen molar-refractivity contribution in [1.29, 1.82) is 10.5 Å². The summed E-state index contributed by atoms with van der Waals surface area (Å²) in [5, 5.41) is 27.1. The average Bonchev–Trinajstić information content (AvgIpc) is 3.05. The number of nitrogens with zero attached hydrogens (tertiary/aromatic N) is 2. The third-order valence-corrected chi connectivity index (χ3v) is 9.82. The number of benzene rings is 4. The summed E-state index contributed by atoms with van der Waals surface area (Å²) in [4.78, 5) is 0. The second kappa shape index (κ2) is 10.0. The molecule has 1 saturated carbocycles. The maximum Gasteiger partial charge on any atom is 0.212 e. The molecule has 44 heavy (non-hydrogen) atoms. The van der Waals surface area contributed by atoms with Crippen LogP contribution in [-0.4, -0.2) is 10.8 Å². The lowest BCUT2D eigenvalue weighted by molar-refractivity contribution is -0.133. The van der Waals surface area contributed by atoms with Gasteiger partial charge >= 0.3 is 0 Å². The molecule has 6 atom stereocenters. The molecule has 8 rings (SSSR count). The third-order valence-electron chi connectivity index (χ3n) is 9.60. The van der Waals surface area contributed by atoms with E-state index >= 15 is 0 Å². The van der Waals surface area contributed by atoms with E-state index in [2.05, 4.69) is 84.3 Å². The van der Waals surface area contributed by atoms with Gasteiger partial charge in [-0.25, -0.2) is 0 Å². The van der Waals surface area contributed by atoms with Gasteiger partial charge in [0.1, 0.15) is 12.1 Å². The zero-order chi connectivity index (χ0) is 30.0. The summed E-state index contributed by atoms with van der Waals surface area (Å²) >= 11 is 5.91. The molecule has 3 heterocycles. The highest BCUT2D eigenvalue weighted by atomic mass is 32.1. The first-order valence-electron chi connectivity index (χ1n) is 14.9. The zero-order valence-corrected chi connectivity index (χ0v) is 24.7. The van der Waals surface area contributed by atoms with Crippen molar-refractivity contribution in [3.63, 3.8) is 0 Å². The molecule has 2 fully saturated rings. The topological polar surface area (TPSA) is 99.3 Å². The normalized spacial score (nSPS) is 27.3. The Kier molecular flexibility index (Phi) is 6.04.